The monoisotopic (exact) mass is 183 g/mol. The first-order valence-electron chi connectivity index (χ1n) is 5.25. The lowest BCUT2D eigenvalue weighted by Gasteiger charge is -2.39. The van der Waals surface area contributed by atoms with Crippen molar-refractivity contribution in [3.05, 3.63) is 0 Å². The van der Waals surface area contributed by atoms with Crippen LogP contribution in [0.15, 0.2) is 0 Å². The lowest BCUT2D eigenvalue weighted by atomic mass is 9.72. The molecule has 1 aliphatic heterocycles. The van der Waals surface area contributed by atoms with Gasteiger partial charge in [-0.2, -0.15) is 0 Å². The molecule has 0 aromatic heterocycles. The molecule has 2 aliphatic rings. The van der Waals surface area contributed by atoms with Crippen LogP contribution in [0.4, 0.5) is 0 Å². The smallest absolute Gasteiger partial charge is 0.320 e. The number of carbonyl (C=O) groups is 1. The number of hydrogen-bond acceptors (Lipinski definition) is 2. The van der Waals surface area contributed by atoms with Crippen molar-refractivity contribution in [3.8, 4) is 0 Å². The number of carboxylic acid groups (broad SMARTS) is 1. The highest BCUT2D eigenvalue weighted by molar-refractivity contribution is 5.74. The highest BCUT2D eigenvalue weighted by Gasteiger charge is 2.38. The predicted molar refractivity (Wildman–Crippen MR) is 49.5 cm³/mol. The number of nitrogens with one attached hydrogen (secondary N) is 1. The fraction of sp³-hybridized carbons (Fsp3) is 0.900. The van der Waals surface area contributed by atoms with E-state index in [4.69, 9.17) is 5.11 Å². The second kappa shape index (κ2) is 3.66. The molecule has 3 nitrogen and oxygen atoms in total. The molecule has 1 heterocycles. The summed E-state index contributed by atoms with van der Waals surface area (Å²) in [6.45, 7) is 0.887. The van der Waals surface area contributed by atoms with Gasteiger partial charge in [0.2, 0.25) is 0 Å². The predicted octanol–water partition coefficient (Wildman–Crippen LogP) is 1.24. The molecular formula is C10H17NO2. The van der Waals surface area contributed by atoms with Gasteiger partial charge in [-0.3, -0.25) is 4.79 Å². The zero-order chi connectivity index (χ0) is 9.26. The van der Waals surface area contributed by atoms with E-state index in [2.05, 4.69) is 5.32 Å². The van der Waals surface area contributed by atoms with Gasteiger partial charge in [0, 0.05) is 0 Å². The molecule has 13 heavy (non-hydrogen) atoms. The van der Waals surface area contributed by atoms with Crippen LogP contribution in [-0.4, -0.2) is 23.7 Å². The third-order valence-electron chi connectivity index (χ3n) is 3.54. The van der Waals surface area contributed by atoms with E-state index in [0.717, 1.165) is 13.0 Å². The van der Waals surface area contributed by atoms with Crippen LogP contribution in [0.1, 0.15) is 32.1 Å². The molecule has 0 spiro atoms. The first-order valence-corrected chi connectivity index (χ1v) is 5.25. The number of fused-ring (bicyclic) bond motifs is 1. The summed E-state index contributed by atoms with van der Waals surface area (Å²) in [6.07, 6.45) is 6.04. The van der Waals surface area contributed by atoms with Crippen LogP contribution in [0.3, 0.4) is 0 Å². The van der Waals surface area contributed by atoms with Crippen LogP contribution in [-0.2, 0) is 4.79 Å². The van der Waals surface area contributed by atoms with Gasteiger partial charge >= 0.3 is 5.97 Å². The maximum atomic E-state index is 10.9. The van der Waals surface area contributed by atoms with E-state index in [1.807, 2.05) is 0 Å². The average molecular weight is 183 g/mol. The van der Waals surface area contributed by atoms with Gasteiger partial charge in [-0.15, -0.1) is 0 Å². The Bertz CT molecular complexity index is 203. The standard InChI is InChI=1S/C10H17NO2/c12-10(13)9-8-4-2-1-3-7(8)5-6-11-9/h7-9,11H,1-6H2,(H,12,13)/t7-,8+,9+/m1/s1. The molecular weight excluding hydrogens is 166 g/mol. The van der Waals surface area contributed by atoms with Crippen molar-refractivity contribution in [1.29, 1.82) is 0 Å². The van der Waals surface area contributed by atoms with Crippen LogP contribution >= 0.6 is 0 Å². The minimum atomic E-state index is -0.656. The minimum Gasteiger partial charge on any atom is -0.480 e. The molecule has 0 bridgehead atoms. The zero-order valence-corrected chi connectivity index (χ0v) is 7.83. The Hall–Kier alpha value is -0.570. The molecule has 0 amide bonds. The summed E-state index contributed by atoms with van der Waals surface area (Å²) in [5.74, 6) is 0.424. The maximum absolute atomic E-state index is 10.9. The Labute approximate surface area is 78.5 Å². The second-order valence-electron chi connectivity index (χ2n) is 4.27. The third-order valence-corrected chi connectivity index (χ3v) is 3.54. The SMILES string of the molecule is O=C(O)[C@H]1NCC[C@H]2CCCC[C@@H]21. The molecule has 2 N–H and O–H groups in total. The van der Waals surface area contributed by atoms with E-state index in [-0.39, 0.29) is 6.04 Å². The molecule has 3 atom stereocenters. The summed E-state index contributed by atoms with van der Waals surface area (Å²) >= 11 is 0. The van der Waals surface area contributed by atoms with Gasteiger partial charge in [0.05, 0.1) is 0 Å². The molecule has 2 fully saturated rings. The molecule has 0 aromatic rings. The average Bonchev–Trinajstić information content (AvgIpc) is 2.17. The van der Waals surface area contributed by atoms with Gasteiger partial charge in [-0.1, -0.05) is 19.3 Å². The summed E-state index contributed by atoms with van der Waals surface area (Å²) in [5, 5.41) is 12.1. The number of piperidine rings is 1. The number of carboxylic acids is 1. The fourth-order valence-electron chi connectivity index (χ4n) is 2.88. The van der Waals surface area contributed by atoms with Crippen LogP contribution in [0.2, 0.25) is 0 Å². The topological polar surface area (TPSA) is 49.3 Å². The quantitative estimate of drug-likeness (QED) is 0.643. The molecule has 0 aromatic carbocycles. The zero-order valence-electron chi connectivity index (χ0n) is 7.83. The van der Waals surface area contributed by atoms with Gasteiger partial charge in [0.1, 0.15) is 6.04 Å². The number of aliphatic carboxylic acids is 1. The maximum Gasteiger partial charge on any atom is 0.320 e. The lowest BCUT2D eigenvalue weighted by Crippen LogP contribution is -2.51. The van der Waals surface area contributed by atoms with Crippen molar-refractivity contribution in [1.82, 2.24) is 5.32 Å². The Morgan fingerprint density at radius 3 is 2.77 bits per heavy atom. The van der Waals surface area contributed by atoms with E-state index in [1.54, 1.807) is 0 Å². The van der Waals surface area contributed by atoms with Crippen LogP contribution in [0.25, 0.3) is 0 Å². The molecule has 2 rings (SSSR count). The van der Waals surface area contributed by atoms with Crippen LogP contribution < -0.4 is 5.32 Å². The van der Waals surface area contributed by atoms with E-state index in [1.165, 1.54) is 25.7 Å². The summed E-state index contributed by atoms with van der Waals surface area (Å²) in [5.41, 5.74) is 0. The van der Waals surface area contributed by atoms with Gasteiger partial charge in [-0.05, 0) is 31.2 Å². The number of hydrogen-bond donors (Lipinski definition) is 2. The van der Waals surface area contributed by atoms with Gasteiger partial charge in [0.15, 0.2) is 0 Å². The largest absolute Gasteiger partial charge is 0.480 e. The van der Waals surface area contributed by atoms with Crippen molar-refractivity contribution in [2.75, 3.05) is 6.54 Å². The van der Waals surface area contributed by atoms with E-state index < -0.39 is 5.97 Å². The lowest BCUT2D eigenvalue weighted by molar-refractivity contribution is -0.143. The number of rotatable bonds is 1. The van der Waals surface area contributed by atoms with Crippen molar-refractivity contribution in [2.24, 2.45) is 11.8 Å². The summed E-state index contributed by atoms with van der Waals surface area (Å²) < 4.78 is 0. The molecule has 1 aliphatic carbocycles. The van der Waals surface area contributed by atoms with Crippen molar-refractivity contribution >= 4 is 5.97 Å². The van der Waals surface area contributed by atoms with Crippen molar-refractivity contribution in [2.45, 2.75) is 38.1 Å². The van der Waals surface area contributed by atoms with Gasteiger partial charge in [-0.25, -0.2) is 0 Å². The van der Waals surface area contributed by atoms with Crippen LogP contribution in [0, 0.1) is 11.8 Å². The van der Waals surface area contributed by atoms with Gasteiger partial charge < -0.3 is 10.4 Å². The normalized spacial score (nSPS) is 39.5. The van der Waals surface area contributed by atoms with Crippen molar-refractivity contribution in [3.63, 3.8) is 0 Å². The minimum absolute atomic E-state index is 0.265. The molecule has 1 saturated carbocycles. The first kappa shape index (κ1) is 9.00. The van der Waals surface area contributed by atoms with Crippen molar-refractivity contribution < 1.29 is 9.90 Å². The molecule has 0 radical (unpaired) electrons. The summed E-state index contributed by atoms with van der Waals surface area (Å²) in [7, 11) is 0. The Morgan fingerprint density at radius 2 is 2.00 bits per heavy atom. The highest BCUT2D eigenvalue weighted by atomic mass is 16.4. The van der Waals surface area contributed by atoms with E-state index in [0.29, 0.717) is 11.8 Å². The molecule has 74 valence electrons. The molecule has 3 heteroatoms. The van der Waals surface area contributed by atoms with Gasteiger partial charge in [0.25, 0.3) is 0 Å². The second-order valence-corrected chi connectivity index (χ2v) is 4.27. The Balaban J connectivity index is 2.06. The summed E-state index contributed by atoms with van der Waals surface area (Å²) in [6, 6.07) is -0.265. The first-order chi connectivity index (χ1) is 6.29. The van der Waals surface area contributed by atoms with E-state index in [9.17, 15) is 4.79 Å². The summed E-state index contributed by atoms with van der Waals surface area (Å²) in [4.78, 5) is 10.9. The third kappa shape index (κ3) is 1.70. The Kier molecular flexibility index (Phi) is 2.54. The molecule has 1 saturated heterocycles. The van der Waals surface area contributed by atoms with Crippen LogP contribution in [0.5, 0.6) is 0 Å². The Morgan fingerprint density at radius 1 is 1.23 bits per heavy atom. The highest BCUT2D eigenvalue weighted by Crippen LogP contribution is 2.36. The molecule has 0 unspecified atom stereocenters. The van der Waals surface area contributed by atoms with E-state index >= 15 is 0 Å². The fourth-order valence-corrected chi connectivity index (χ4v) is 2.88.